The molecule has 0 N–H and O–H groups in total. The molecule has 0 aliphatic rings. The molecule has 0 aromatic heterocycles. The minimum Gasteiger partial charge on any atom is -0.429 e. The van der Waals surface area contributed by atoms with Gasteiger partial charge < -0.3 is 9.47 Å². The Morgan fingerprint density at radius 3 is 2.16 bits per heavy atom. The van der Waals surface area contributed by atoms with Crippen LogP contribution in [-0.4, -0.2) is 17.0 Å². The number of carbonyl (C=O) groups is 1. The average molecular weight is 499 g/mol. The van der Waals surface area contributed by atoms with Crippen LogP contribution < -0.4 is 4.74 Å². The van der Waals surface area contributed by atoms with Gasteiger partial charge in [-0.05, 0) is 71.1 Å². The number of rotatable bonds is 8. The van der Waals surface area contributed by atoms with Crippen molar-refractivity contribution in [2.45, 2.75) is 24.7 Å². The van der Waals surface area contributed by atoms with Crippen molar-refractivity contribution >= 4 is 32.9 Å². The van der Waals surface area contributed by atoms with Crippen molar-refractivity contribution < 1.29 is 18.5 Å². The largest absolute Gasteiger partial charge is 0.514 e. The molecule has 1 atom stereocenters. The Bertz CT molecular complexity index is 1050. The predicted molar refractivity (Wildman–Crippen MR) is 127 cm³/mol. The summed E-state index contributed by atoms with van der Waals surface area (Å²) in [6, 6.07) is 26.2. The second kappa shape index (κ2) is 11.6. The first-order chi connectivity index (χ1) is 15.0. The third-order valence-corrected chi connectivity index (χ3v) is 7.30. The number of carbonyl (C=O) groups excluding carboxylic acids is 1. The lowest BCUT2D eigenvalue weighted by Gasteiger charge is -2.13. The zero-order chi connectivity index (χ0) is 22.1. The van der Waals surface area contributed by atoms with E-state index in [1.807, 2.05) is 67.6 Å². The summed E-state index contributed by atoms with van der Waals surface area (Å²) < 4.78 is 24.1. The number of hydrogen-bond donors (Lipinski definition) is 0. The van der Waals surface area contributed by atoms with E-state index in [1.54, 1.807) is 24.3 Å². The van der Waals surface area contributed by atoms with Crippen LogP contribution in [0.15, 0.2) is 99.2 Å². The lowest BCUT2D eigenvalue weighted by Crippen LogP contribution is -2.14. The fraction of sp³-hybridized carbons (Fsp3) is 0.160. The number of benzene rings is 3. The molecule has 0 aliphatic carbocycles. The number of ether oxygens (including phenoxy) is 2. The molecule has 4 nitrogen and oxygen atoms in total. The molecule has 0 saturated carbocycles. The first-order valence-electron chi connectivity index (χ1n) is 9.82. The van der Waals surface area contributed by atoms with E-state index in [9.17, 15) is 9.00 Å². The number of para-hydroxylation sites is 1. The molecular formula is C25H23BrO4S. The Morgan fingerprint density at radius 2 is 1.52 bits per heavy atom. The van der Waals surface area contributed by atoms with Gasteiger partial charge in [-0.3, -0.25) is 0 Å². The lowest BCUT2D eigenvalue weighted by molar-refractivity contribution is 0.107. The van der Waals surface area contributed by atoms with Crippen LogP contribution in [-0.2, 0) is 22.0 Å². The van der Waals surface area contributed by atoms with Crippen molar-refractivity contribution in [1.82, 2.24) is 0 Å². The normalized spacial score (nSPS) is 12.6. The molecule has 0 saturated heterocycles. The third-order valence-electron chi connectivity index (χ3n) is 4.54. The van der Waals surface area contributed by atoms with Crippen LogP contribution in [0.25, 0.3) is 0 Å². The molecule has 0 fully saturated rings. The second-order valence-electron chi connectivity index (χ2n) is 6.90. The Balaban J connectivity index is 1.74. The maximum atomic E-state index is 13.1. The quantitative estimate of drug-likeness (QED) is 0.260. The SMILES string of the molecule is Cc1ccc(S(=O)/C(Br)=C(\CCc2ccccc2)COC(=O)Oc2ccccc2)cc1. The molecule has 6 heteroatoms. The van der Waals surface area contributed by atoms with Gasteiger partial charge in [0.2, 0.25) is 0 Å². The Hall–Kier alpha value is -2.70. The summed E-state index contributed by atoms with van der Waals surface area (Å²) in [5.41, 5.74) is 2.98. The summed E-state index contributed by atoms with van der Waals surface area (Å²) in [7, 11) is -1.41. The molecule has 3 aromatic rings. The molecule has 0 aliphatic heterocycles. The van der Waals surface area contributed by atoms with Crippen LogP contribution in [0.4, 0.5) is 4.79 Å². The Morgan fingerprint density at radius 1 is 0.903 bits per heavy atom. The lowest BCUT2D eigenvalue weighted by atomic mass is 10.1. The summed E-state index contributed by atoms with van der Waals surface area (Å²) in [6.07, 6.45) is 0.513. The van der Waals surface area contributed by atoms with Gasteiger partial charge in [-0.1, -0.05) is 66.2 Å². The summed E-state index contributed by atoms with van der Waals surface area (Å²) in [5, 5.41) is 0. The molecule has 1 unspecified atom stereocenters. The van der Waals surface area contributed by atoms with Crippen molar-refractivity contribution in [3.8, 4) is 5.75 Å². The first kappa shape index (κ1) is 23.0. The maximum Gasteiger partial charge on any atom is 0.514 e. The van der Waals surface area contributed by atoms with E-state index in [-0.39, 0.29) is 6.61 Å². The standard InChI is InChI=1S/C25H23BrO4S/c1-19-12-16-23(17-13-19)31(28)24(26)21(15-14-20-8-4-2-5-9-20)18-29-25(27)30-22-10-6-3-7-11-22/h2-13,16-17H,14-15,18H2,1H3/b24-21+. The fourth-order valence-corrected chi connectivity index (χ4v) is 4.71. The fourth-order valence-electron chi connectivity index (χ4n) is 2.82. The van der Waals surface area contributed by atoms with Gasteiger partial charge in [-0.2, -0.15) is 0 Å². The number of aryl methyl sites for hydroxylation is 2. The smallest absolute Gasteiger partial charge is 0.429 e. The molecule has 0 heterocycles. The van der Waals surface area contributed by atoms with Crippen molar-refractivity contribution in [1.29, 1.82) is 0 Å². The highest BCUT2D eigenvalue weighted by Crippen LogP contribution is 2.26. The van der Waals surface area contributed by atoms with Crippen LogP contribution in [0.2, 0.25) is 0 Å². The van der Waals surface area contributed by atoms with E-state index in [0.717, 1.165) is 23.1 Å². The highest BCUT2D eigenvalue weighted by atomic mass is 79.9. The molecule has 0 bridgehead atoms. The van der Waals surface area contributed by atoms with Gasteiger partial charge >= 0.3 is 6.16 Å². The molecule has 3 aromatic carbocycles. The van der Waals surface area contributed by atoms with Gasteiger partial charge in [0.05, 0.1) is 14.6 Å². The Labute approximate surface area is 193 Å². The van der Waals surface area contributed by atoms with Gasteiger partial charge in [-0.15, -0.1) is 0 Å². The average Bonchev–Trinajstić information content (AvgIpc) is 2.80. The van der Waals surface area contributed by atoms with Gasteiger partial charge in [0, 0.05) is 4.90 Å². The van der Waals surface area contributed by atoms with Crippen LogP contribution in [0.1, 0.15) is 17.5 Å². The van der Waals surface area contributed by atoms with Crippen molar-refractivity contribution in [3.63, 3.8) is 0 Å². The van der Waals surface area contributed by atoms with E-state index in [4.69, 9.17) is 9.47 Å². The van der Waals surface area contributed by atoms with Gasteiger partial charge in [0.15, 0.2) is 0 Å². The third kappa shape index (κ3) is 7.19. The second-order valence-corrected chi connectivity index (χ2v) is 9.63. The number of halogens is 1. The minimum atomic E-state index is -1.41. The highest BCUT2D eigenvalue weighted by molar-refractivity contribution is 9.13. The molecule has 31 heavy (non-hydrogen) atoms. The van der Waals surface area contributed by atoms with Gasteiger partial charge in [0.1, 0.15) is 12.4 Å². The topological polar surface area (TPSA) is 52.6 Å². The molecule has 0 radical (unpaired) electrons. The van der Waals surface area contributed by atoms with E-state index < -0.39 is 17.0 Å². The summed E-state index contributed by atoms with van der Waals surface area (Å²) in [5.74, 6) is 0.407. The van der Waals surface area contributed by atoms with E-state index in [1.165, 1.54) is 0 Å². The zero-order valence-corrected chi connectivity index (χ0v) is 19.5. The van der Waals surface area contributed by atoms with Crippen LogP contribution in [0, 0.1) is 6.92 Å². The van der Waals surface area contributed by atoms with Gasteiger partial charge in [-0.25, -0.2) is 9.00 Å². The molecule has 0 spiro atoms. The minimum absolute atomic E-state index is 0.0172. The summed E-state index contributed by atoms with van der Waals surface area (Å²) >= 11 is 3.50. The van der Waals surface area contributed by atoms with Crippen LogP contribution in [0.3, 0.4) is 0 Å². The number of hydrogen-bond acceptors (Lipinski definition) is 4. The van der Waals surface area contributed by atoms with E-state index in [2.05, 4.69) is 15.9 Å². The van der Waals surface area contributed by atoms with Crippen molar-refractivity contribution in [2.24, 2.45) is 0 Å². The van der Waals surface area contributed by atoms with Crippen LogP contribution in [0.5, 0.6) is 5.75 Å². The first-order valence-corrected chi connectivity index (χ1v) is 11.8. The van der Waals surface area contributed by atoms with Gasteiger partial charge in [0.25, 0.3) is 0 Å². The molecule has 0 amide bonds. The summed E-state index contributed by atoms with van der Waals surface area (Å²) in [4.78, 5) is 12.8. The molecular weight excluding hydrogens is 476 g/mol. The van der Waals surface area contributed by atoms with Crippen LogP contribution >= 0.6 is 15.9 Å². The van der Waals surface area contributed by atoms with Crippen molar-refractivity contribution in [3.05, 3.63) is 105 Å². The Kier molecular flexibility index (Phi) is 8.62. The zero-order valence-electron chi connectivity index (χ0n) is 17.1. The molecule has 3 rings (SSSR count). The summed E-state index contributed by atoms with van der Waals surface area (Å²) in [6.45, 7) is 1.96. The molecule has 160 valence electrons. The van der Waals surface area contributed by atoms with Crippen molar-refractivity contribution in [2.75, 3.05) is 6.61 Å². The van der Waals surface area contributed by atoms with E-state index in [0.29, 0.717) is 20.9 Å². The van der Waals surface area contributed by atoms with E-state index >= 15 is 0 Å². The predicted octanol–water partition coefficient (Wildman–Crippen LogP) is 6.56. The monoisotopic (exact) mass is 498 g/mol. The highest BCUT2D eigenvalue weighted by Gasteiger charge is 2.16. The maximum absolute atomic E-state index is 13.1.